The minimum Gasteiger partial charge on any atom is -0.350 e. The lowest BCUT2D eigenvalue weighted by Gasteiger charge is -2.31. The van der Waals surface area contributed by atoms with Crippen LogP contribution >= 0.6 is 11.6 Å². The van der Waals surface area contributed by atoms with E-state index in [-0.39, 0.29) is 24.1 Å². The first-order chi connectivity index (χ1) is 12.9. The number of aromatic nitrogens is 1. The van der Waals surface area contributed by atoms with Gasteiger partial charge in [-0.15, -0.1) is 0 Å². The van der Waals surface area contributed by atoms with Crippen LogP contribution in [0.5, 0.6) is 0 Å². The van der Waals surface area contributed by atoms with Gasteiger partial charge in [-0.2, -0.15) is 0 Å². The monoisotopic (exact) mass is 407 g/mol. The molecule has 2 heterocycles. The molecule has 1 aliphatic rings. The second kappa shape index (κ2) is 8.82. The van der Waals surface area contributed by atoms with E-state index in [1.165, 1.54) is 4.31 Å². The number of nitrogens with zero attached hydrogens (tertiary/aromatic N) is 2. The third-order valence-electron chi connectivity index (χ3n) is 4.58. The first-order valence-electron chi connectivity index (χ1n) is 8.84. The summed E-state index contributed by atoms with van der Waals surface area (Å²) >= 11 is 5.85. The molecule has 0 radical (unpaired) electrons. The van der Waals surface area contributed by atoms with Crippen LogP contribution in [0.2, 0.25) is 5.02 Å². The highest BCUT2D eigenvalue weighted by molar-refractivity contribution is 7.88. The smallest absolute Gasteiger partial charge is 0.224 e. The predicted molar refractivity (Wildman–Crippen MR) is 104 cm³/mol. The van der Waals surface area contributed by atoms with Gasteiger partial charge in [0.2, 0.25) is 15.9 Å². The van der Waals surface area contributed by atoms with Gasteiger partial charge in [0, 0.05) is 24.3 Å². The molecule has 144 valence electrons. The highest BCUT2D eigenvalue weighted by Gasteiger charge is 2.32. The Balaban J connectivity index is 1.59. The van der Waals surface area contributed by atoms with Crippen molar-refractivity contribution in [2.24, 2.45) is 5.92 Å². The van der Waals surface area contributed by atoms with Crippen LogP contribution in [0.25, 0.3) is 0 Å². The van der Waals surface area contributed by atoms with Crippen LogP contribution in [0.1, 0.15) is 24.1 Å². The molecular formula is C19H22ClN3O3S. The SMILES string of the molecule is O=C(NCc1ccccn1)[C@@H]1CCCN(S(=O)(=O)Cc2ccc(Cl)cc2)C1. The number of sulfonamides is 1. The van der Waals surface area contributed by atoms with E-state index < -0.39 is 10.0 Å². The van der Waals surface area contributed by atoms with Crippen molar-refractivity contribution in [1.29, 1.82) is 0 Å². The number of pyridine rings is 1. The van der Waals surface area contributed by atoms with E-state index >= 15 is 0 Å². The first-order valence-corrected chi connectivity index (χ1v) is 10.8. The number of hydrogen-bond donors (Lipinski definition) is 1. The molecule has 1 aromatic heterocycles. The topological polar surface area (TPSA) is 79.4 Å². The zero-order chi connectivity index (χ0) is 19.3. The van der Waals surface area contributed by atoms with Crippen molar-refractivity contribution in [2.45, 2.75) is 25.1 Å². The predicted octanol–water partition coefficient (Wildman–Crippen LogP) is 2.59. The summed E-state index contributed by atoms with van der Waals surface area (Å²) in [6.07, 6.45) is 3.02. The minimum atomic E-state index is -3.48. The van der Waals surface area contributed by atoms with Gasteiger partial charge in [-0.25, -0.2) is 12.7 Å². The Morgan fingerprint density at radius 1 is 1.22 bits per heavy atom. The van der Waals surface area contributed by atoms with Gasteiger partial charge in [-0.1, -0.05) is 29.8 Å². The molecule has 1 aliphatic heterocycles. The number of rotatable bonds is 6. The summed E-state index contributed by atoms with van der Waals surface area (Å²) in [7, 11) is -3.48. The van der Waals surface area contributed by atoms with E-state index in [1.54, 1.807) is 30.5 Å². The maximum absolute atomic E-state index is 12.7. The van der Waals surface area contributed by atoms with Crippen LogP contribution in [-0.4, -0.2) is 36.7 Å². The fraction of sp³-hybridized carbons (Fsp3) is 0.368. The summed E-state index contributed by atoms with van der Waals surface area (Å²) in [5, 5.41) is 3.43. The van der Waals surface area contributed by atoms with Crippen LogP contribution < -0.4 is 5.32 Å². The summed E-state index contributed by atoms with van der Waals surface area (Å²) in [6, 6.07) is 12.3. The number of carbonyl (C=O) groups excluding carboxylic acids is 1. The van der Waals surface area contributed by atoms with Crippen LogP contribution in [0.4, 0.5) is 0 Å². The van der Waals surface area contributed by atoms with Crippen molar-refractivity contribution >= 4 is 27.5 Å². The van der Waals surface area contributed by atoms with Gasteiger partial charge in [-0.3, -0.25) is 9.78 Å². The summed E-state index contributed by atoms with van der Waals surface area (Å²) in [5.74, 6) is -0.568. The van der Waals surface area contributed by atoms with Gasteiger partial charge >= 0.3 is 0 Å². The Labute approximate surface area is 164 Å². The van der Waals surface area contributed by atoms with Crippen LogP contribution in [-0.2, 0) is 27.1 Å². The second-order valence-electron chi connectivity index (χ2n) is 6.62. The molecule has 3 rings (SSSR count). The highest BCUT2D eigenvalue weighted by Crippen LogP contribution is 2.22. The average molecular weight is 408 g/mol. The number of benzene rings is 1. The van der Waals surface area contributed by atoms with Crippen LogP contribution in [0.15, 0.2) is 48.7 Å². The maximum atomic E-state index is 12.7. The van der Waals surface area contributed by atoms with Crippen molar-refractivity contribution in [1.82, 2.24) is 14.6 Å². The number of carbonyl (C=O) groups is 1. The largest absolute Gasteiger partial charge is 0.350 e. The normalized spacial score (nSPS) is 18.2. The van der Waals surface area contributed by atoms with Crippen molar-refractivity contribution in [3.05, 3.63) is 64.9 Å². The molecule has 0 saturated carbocycles. The third kappa shape index (κ3) is 5.51. The Morgan fingerprint density at radius 2 is 2.00 bits per heavy atom. The fourth-order valence-corrected chi connectivity index (χ4v) is 4.85. The van der Waals surface area contributed by atoms with E-state index in [1.807, 2.05) is 18.2 Å². The Hall–Kier alpha value is -1.96. The summed E-state index contributed by atoms with van der Waals surface area (Å²) in [5.41, 5.74) is 1.45. The van der Waals surface area contributed by atoms with E-state index in [2.05, 4.69) is 10.3 Å². The first kappa shape index (κ1) is 19.8. The average Bonchev–Trinajstić information content (AvgIpc) is 2.68. The molecule has 6 nitrogen and oxygen atoms in total. The second-order valence-corrected chi connectivity index (χ2v) is 9.02. The quantitative estimate of drug-likeness (QED) is 0.798. The molecule has 1 atom stereocenters. The summed E-state index contributed by atoms with van der Waals surface area (Å²) < 4.78 is 26.9. The van der Waals surface area contributed by atoms with Crippen molar-refractivity contribution < 1.29 is 13.2 Å². The van der Waals surface area contributed by atoms with E-state index in [9.17, 15) is 13.2 Å². The third-order valence-corrected chi connectivity index (χ3v) is 6.65. The molecule has 0 spiro atoms. The van der Waals surface area contributed by atoms with Gasteiger partial charge in [0.25, 0.3) is 0 Å². The van der Waals surface area contributed by atoms with E-state index in [0.29, 0.717) is 36.5 Å². The molecule has 8 heteroatoms. The zero-order valence-corrected chi connectivity index (χ0v) is 16.4. The molecule has 27 heavy (non-hydrogen) atoms. The van der Waals surface area contributed by atoms with Gasteiger partial charge < -0.3 is 5.32 Å². The minimum absolute atomic E-state index is 0.0908. The number of halogens is 1. The zero-order valence-electron chi connectivity index (χ0n) is 14.8. The number of amides is 1. The Morgan fingerprint density at radius 3 is 2.70 bits per heavy atom. The Kier molecular flexibility index (Phi) is 6.46. The standard InChI is InChI=1S/C19H22ClN3O3S/c20-17-8-6-15(7-9-17)14-27(25,26)23-11-3-4-16(13-23)19(24)22-12-18-5-1-2-10-21-18/h1-2,5-10,16H,3-4,11-14H2,(H,22,24)/t16-/m1/s1. The molecule has 2 aromatic rings. The molecule has 1 saturated heterocycles. The lowest BCUT2D eigenvalue weighted by atomic mass is 9.99. The van der Waals surface area contributed by atoms with E-state index in [0.717, 1.165) is 5.69 Å². The lowest BCUT2D eigenvalue weighted by molar-refractivity contribution is -0.126. The van der Waals surface area contributed by atoms with E-state index in [4.69, 9.17) is 11.6 Å². The molecule has 1 N–H and O–H groups in total. The van der Waals surface area contributed by atoms with Gasteiger partial charge in [-0.05, 0) is 42.7 Å². The molecule has 0 unspecified atom stereocenters. The number of nitrogens with one attached hydrogen (secondary N) is 1. The van der Waals surface area contributed by atoms with Gasteiger partial charge in [0.15, 0.2) is 0 Å². The highest BCUT2D eigenvalue weighted by atomic mass is 35.5. The molecule has 0 bridgehead atoms. The number of hydrogen-bond acceptors (Lipinski definition) is 4. The summed E-state index contributed by atoms with van der Waals surface area (Å²) in [4.78, 5) is 16.6. The Bertz CT molecular complexity index is 873. The van der Waals surface area contributed by atoms with Crippen LogP contribution in [0, 0.1) is 5.92 Å². The summed E-state index contributed by atoms with van der Waals surface area (Å²) in [6.45, 7) is 0.998. The van der Waals surface area contributed by atoms with Crippen molar-refractivity contribution in [3.63, 3.8) is 0 Å². The molecule has 0 aliphatic carbocycles. The van der Waals surface area contributed by atoms with Crippen molar-refractivity contribution in [3.8, 4) is 0 Å². The molecule has 1 fully saturated rings. The van der Waals surface area contributed by atoms with Crippen LogP contribution in [0.3, 0.4) is 0 Å². The molecule has 1 aromatic carbocycles. The maximum Gasteiger partial charge on any atom is 0.224 e. The lowest BCUT2D eigenvalue weighted by Crippen LogP contribution is -2.45. The number of piperidine rings is 1. The molecular weight excluding hydrogens is 386 g/mol. The fourth-order valence-electron chi connectivity index (χ4n) is 3.12. The van der Waals surface area contributed by atoms with Gasteiger partial charge in [0.05, 0.1) is 23.9 Å². The molecule has 1 amide bonds. The van der Waals surface area contributed by atoms with Gasteiger partial charge in [0.1, 0.15) is 0 Å². The van der Waals surface area contributed by atoms with Crippen molar-refractivity contribution in [2.75, 3.05) is 13.1 Å².